The van der Waals surface area contributed by atoms with Gasteiger partial charge in [0.2, 0.25) is 9.84 Å². The molecule has 3 aromatic rings. The van der Waals surface area contributed by atoms with Crippen LogP contribution in [0.15, 0.2) is 64.0 Å². The van der Waals surface area contributed by atoms with Crippen molar-refractivity contribution in [3.05, 3.63) is 65.6 Å². The van der Waals surface area contributed by atoms with Gasteiger partial charge >= 0.3 is 0 Å². The van der Waals surface area contributed by atoms with Gasteiger partial charge in [0.15, 0.2) is 0 Å². The van der Waals surface area contributed by atoms with Gasteiger partial charge in [-0.05, 0) is 24.3 Å². The van der Waals surface area contributed by atoms with Crippen molar-refractivity contribution in [2.45, 2.75) is 15.6 Å². The number of nitrogens with one attached hydrogen (secondary N) is 2. The molecule has 23 heavy (non-hydrogen) atoms. The number of nitrogens with zero attached hydrogens (tertiary/aromatic N) is 1. The summed E-state index contributed by atoms with van der Waals surface area (Å²) in [4.78, 5) is 19.5. The first-order valence-corrected chi connectivity index (χ1v) is 9.04. The van der Waals surface area contributed by atoms with Crippen LogP contribution in [-0.4, -0.2) is 24.3 Å². The number of thiophene rings is 1. The molecule has 0 fully saturated rings. The third-order valence-corrected chi connectivity index (χ3v) is 6.44. The van der Waals surface area contributed by atoms with Crippen molar-refractivity contribution >= 4 is 27.1 Å². The molecule has 0 aliphatic heterocycles. The Morgan fingerprint density at radius 3 is 2.65 bits per heavy atom. The predicted molar refractivity (Wildman–Crippen MR) is 86.0 cm³/mol. The highest BCUT2D eigenvalue weighted by molar-refractivity contribution is 7.93. The molecular weight excluding hydrogens is 334 g/mol. The average Bonchev–Trinajstić information content (AvgIpc) is 3.25. The summed E-state index contributed by atoms with van der Waals surface area (Å²) in [5, 5.41) is 2.69. The van der Waals surface area contributed by atoms with E-state index in [9.17, 15) is 13.2 Å². The molecule has 0 saturated heterocycles. The van der Waals surface area contributed by atoms with Gasteiger partial charge in [-0.15, -0.1) is 11.3 Å². The molecule has 118 valence electrons. The first-order chi connectivity index (χ1) is 11.1. The van der Waals surface area contributed by atoms with Gasteiger partial charge in [-0.25, -0.2) is 13.4 Å². The minimum Gasteiger partial charge on any atom is -0.347 e. The molecular formula is C15H13N3O3S2. The number of amides is 1. The maximum Gasteiger partial charge on any atom is 0.261 e. The molecule has 2 heterocycles. The second-order valence-corrected chi connectivity index (χ2v) is 7.91. The molecule has 0 bridgehead atoms. The Hall–Kier alpha value is -2.45. The van der Waals surface area contributed by atoms with Crippen molar-refractivity contribution in [1.29, 1.82) is 0 Å². The summed E-state index contributed by atoms with van der Waals surface area (Å²) in [6.07, 6.45) is 3.26. The average molecular weight is 347 g/mol. The number of aromatic amines is 1. The number of hydrogen-bond acceptors (Lipinski definition) is 5. The van der Waals surface area contributed by atoms with Gasteiger partial charge in [0.25, 0.3) is 5.91 Å². The van der Waals surface area contributed by atoms with Gasteiger partial charge in [-0.1, -0.05) is 18.2 Å². The fourth-order valence-corrected chi connectivity index (χ4v) is 4.59. The summed E-state index contributed by atoms with van der Waals surface area (Å²) in [5.74, 6) is 0.299. The molecule has 6 nitrogen and oxygen atoms in total. The Bertz CT molecular complexity index is 901. The molecule has 1 aromatic carbocycles. The zero-order valence-corrected chi connectivity index (χ0v) is 13.5. The molecule has 0 unspecified atom stereocenters. The SMILES string of the molecule is O=C(NCc1ncc[nH]1)c1ccc(S(=O)(=O)c2ccccc2)s1. The second kappa shape index (κ2) is 6.35. The number of benzene rings is 1. The molecule has 3 rings (SSSR count). The number of carbonyl (C=O) groups is 1. The van der Waals surface area contributed by atoms with Crippen LogP contribution in [0.4, 0.5) is 0 Å². The lowest BCUT2D eigenvalue weighted by atomic mass is 10.4. The Kier molecular flexibility index (Phi) is 4.26. The summed E-state index contributed by atoms with van der Waals surface area (Å²) in [5.41, 5.74) is 0. The maximum atomic E-state index is 12.5. The quantitative estimate of drug-likeness (QED) is 0.740. The van der Waals surface area contributed by atoms with E-state index in [4.69, 9.17) is 0 Å². The molecule has 0 saturated carbocycles. The van der Waals surface area contributed by atoms with Crippen molar-refractivity contribution in [1.82, 2.24) is 15.3 Å². The summed E-state index contributed by atoms with van der Waals surface area (Å²) in [7, 11) is -3.59. The van der Waals surface area contributed by atoms with E-state index in [1.54, 1.807) is 30.6 Å². The lowest BCUT2D eigenvalue weighted by Gasteiger charge is -2.01. The second-order valence-electron chi connectivity index (χ2n) is 4.65. The van der Waals surface area contributed by atoms with Crippen molar-refractivity contribution in [3.63, 3.8) is 0 Å². The highest BCUT2D eigenvalue weighted by atomic mass is 32.2. The van der Waals surface area contributed by atoms with Crippen LogP contribution >= 0.6 is 11.3 Å². The van der Waals surface area contributed by atoms with Gasteiger partial charge < -0.3 is 10.3 Å². The molecule has 1 amide bonds. The molecule has 2 aromatic heterocycles. The summed E-state index contributed by atoms with van der Waals surface area (Å²) in [6.45, 7) is 0.254. The molecule has 0 spiro atoms. The van der Waals surface area contributed by atoms with Crippen LogP contribution in [0, 0.1) is 0 Å². The topological polar surface area (TPSA) is 91.9 Å². The van der Waals surface area contributed by atoms with E-state index in [1.807, 2.05) is 0 Å². The van der Waals surface area contributed by atoms with Gasteiger partial charge in [0.05, 0.1) is 16.3 Å². The summed E-state index contributed by atoms with van der Waals surface area (Å²) < 4.78 is 25.1. The number of carbonyl (C=O) groups excluding carboxylic acids is 1. The summed E-state index contributed by atoms with van der Waals surface area (Å²) >= 11 is 0.949. The Labute approximate surface area is 137 Å². The standard InChI is InChI=1S/C15H13N3O3S2/c19-15(18-10-13-16-8-9-17-13)12-6-7-14(22-12)23(20,21)11-4-2-1-3-5-11/h1-9H,10H2,(H,16,17)(H,18,19). The minimum atomic E-state index is -3.59. The molecule has 0 aliphatic carbocycles. The van der Waals surface area contributed by atoms with E-state index in [0.29, 0.717) is 10.7 Å². The monoisotopic (exact) mass is 347 g/mol. The number of H-pyrrole nitrogens is 1. The van der Waals surface area contributed by atoms with Crippen LogP contribution in [0.25, 0.3) is 0 Å². The zero-order valence-electron chi connectivity index (χ0n) is 11.9. The van der Waals surface area contributed by atoms with E-state index in [1.165, 1.54) is 24.3 Å². The van der Waals surface area contributed by atoms with Gasteiger partial charge in [-0.2, -0.15) is 0 Å². The number of aromatic nitrogens is 2. The number of hydrogen-bond donors (Lipinski definition) is 2. The van der Waals surface area contributed by atoms with Crippen LogP contribution in [0.3, 0.4) is 0 Å². The lowest BCUT2D eigenvalue weighted by molar-refractivity contribution is 0.0954. The molecule has 0 aliphatic rings. The van der Waals surface area contributed by atoms with Crippen LogP contribution in [0.2, 0.25) is 0 Å². The lowest BCUT2D eigenvalue weighted by Crippen LogP contribution is -2.22. The zero-order chi connectivity index (χ0) is 16.3. The van der Waals surface area contributed by atoms with Crippen molar-refractivity contribution in [2.75, 3.05) is 0 Å². The molecule has 8 heteroatoms. The predicted octanol–water partition coefficient (Wildman–Crippen LogP) is 2.23. The van der Waals surface area contributed by atoms with E-state index in [2.05, 4.69) is 15.3 Å². The maximum absolute atomic E-state index is 12.5. The van der Waals surface area contributed by atoms with Gasteiger partial charge in [0.1, 0.15) is 10.0 Å². The highest BCUT2D eigenvalue weighted by Gasteiger charge is 2.21. The molecule has 2 N–H and O–H groups in total. The van der Waals surface area contributed by atoms with Crippen molar-refractivity contribution < 1.29 is 13.2 Å². The minimum absolute atomic E-state index is 0.145. The molecule has 0 radical (unpaired) electrons. The Morgan fingerprint density at radius 2 is 1.96 bits per heavy atom. The van der Waals surface area contributed by atoms with Crippen molar-refractivity contribution in [3.8, 4) is 0 Å². The van der Waals surface area contributed by atoms with E-state index >= 15 is 0 Å². The molecule has 0 atom stereocenters. The number of imidazole rings is 1. The van der Waals surface area contributed by atoms with Crippen molar-refractivity contribution in [2.24, 2.45) is 0 Å². The largest absolute Gasteiger partial charge is 0.347 e. The summed E-state index contributed by atoms with van der Waals surface area (Å²) in [6, 6.07) is 11.1. The fraction of sp³-hybridized carbons (Fsp3) is 0.0667. The Balaban J connectivity index is 1.76. The third-order valence-electron chi connectivity index (χ3n) is 3.09. The van der Waals surface area contributed by atoms with Crippen LogP contribution < -0.4 is 5.32 Å². The van der Waals surface area contributed by atoms with E-state index in [0.717, 1.165) is 11.3 Å². The normalized spacial score (nSPS) is 11.3. The van der Waals surface area contributed by atoms with Gasteiger partial charge in [0, 0.05) is 12.4 Å². The first-order valence-electron chi connectivity index (χ1n) is 6.74. The van der Waals surface area contributed by atoms with Crippen LogP contribution in [-0.2, 0) is 16.4 Å². The smallest absolute Gasteiger partial charge is 0.261 e. The number of rotatable bonds is 5. The van der Waals surface area contributed by atoms with Gasteiger partial charge in [-0.3, -0.25) is 4.79 Å². The Morgan fingerprint density at radius 1 is 1.17 bits per heavy atom. The fourth-order valence-electron chi connectivity index (χ4n) is 1.95. The van der Waals surface area contributed by atoms with E-state index < -0.39 is 9.84 Å². The highest BCUT2D eigenvalue weighted by Crippen LogP contribution is 2.27. The van der Waals surface area contributed by atoms with E-state index in [-0.39, 0.29) is 21.6 Å². The third kappa shape index (κ3) is 3.33. The van der Waals surface area contributed by atoms with Crippen LogP contribution in [0.1, 0.15) is 15.5 Å². The number of sulfone groups is 1. The first kappa shape index (κ1) is 15.4. The van der Waals surface area contributed by atoms with Crippen LogP contribution in [0.5, 0.6) is 0 Å².